The summed E-state index contributed by atoms with van der Waals surface area (Å²) in [6.07, 6.45) is 3.95. The lowest BCUT2D eigenvalue weighted by atomic mass is 10.1. The van der Waals surface area contributed by atoms with Crippen molar-refractivity contribution in [3.63, 3.8) is 0 Å². The number of hydrogen-bond donors (Lipinski definition) is 0. The van der Waals surface area contributed by atoms with Crippen molar-refractivity contribution in [1.82, 2.24) is 19.1 Å². The third-order valence-electron chi connectivity index (χ3n) is 4.78. The molecule has 0 saturated heterocycles. The van der Waals surface area contributed by atoms with Crippen LogP contribution in [0, 0.1) is 5.92 Å². The van der Waals surface area contributed by atoms with Crippen LogP contribution >= 0.6 is 23.2 Å². The van der Waals surface area contributed by atoms with Gasteiger partial charge in [0.1, 0.15) is 11.5 Å². The molecule has 4 aromatic rings. The molecule has 0 unspecified atom stereocenters. The molecule has 0 aliphatic heterocycles. The summed E-state index contributed by atoms with van der Waals surface area (Å²) in [7, 11) is 1.98. The predicted molar refractivity (Wildman–Crippen MR) is 120 cm³/mol. The Bertz CT molecular complexity index is 1120. The summed E-state index contributed by atoms with van der Waals surface area (Å²) in [6.45, 7) is 5.29. The molecule has 0 saturated carbocycles. The zero-order chi connectivity index (χ0) is 20.5. The van der Waals surface area contributed by atoms with Gasteiger partial charge in [-0.3, -0.25) is 0 Å². The molecule has 0 N–H and O–H groups in total. The van der Waals surface area contributed by atoms with Gasteiger partial charge >= 0.3 is 0 Å². The molecule has 0 fully saturated rings. The molecule has 29 heavy (non-hydrogen) atoms. The van der Waals surface area contributed by atoms with Crippen molar-refractivity contribution in [2.24, 2.45) is 13.0 Å². The summed E-state index contributed by atoms with van der Waals surface area (Å²) in [5.41, 5.74) is 4.40. The van der Waals surface area contributed by atoms with Crippen molar-refractivity contribution in [2.45, 2.75) is 20.4 Å². The van der Waals surface area contributed by atoms with Crippen molar-refractivity contribution in [1.29, 1.82) is 0 Å². The smallest absolute Gasteiger partial charge is 0.143 e. The fraction of sp³-hybridized carbons (Fsp3) is 0.217. The molecule has 0 amide bonds. The van der Waals surface area contributed by atoms with E-state index >= 15 is 0 Å². The van der Waals surface area contributed by atoms with Crippen molar-refractivity contribution >= 4 is 23.2 Å². The SMILES string of the molecule is CC(C)Cn1cnc(-c2c(-c3ccccc3)nc(-c3c(Cl)cccc3Cl)n2C)c1. The first kappa shape index (κ1) is 19.7. The molecular weight excluding hydrogens is 403 g/mol. The Labute approximate surface area is 180 Å². The van der Waals surface area contributed by atoms with Crippen LogP contribution in [-0.2, 0) is 13.6 Å². The molecular formula is C23H22Cl2N4. The Morgan fingerprint density at radius 3 is 2.31 bits per heavy atom. The number of imidazole rings is 2. The van der Waals surface area contributed by atoms with Gasteiger partial charge in [0, 0.05) is 25.4 Å². The first-order chi connectivity index (χ1) is 14.0. The summed E-state index contributed by atoms with van der Waals surface area (Å²) in [5, 5.41) is 1.14. The molecule has 0 aliphatic rings. The lowest BCUT2D eigenvalue weighted by Crippen LogP contribution is -2.01. The summed E-state index contributed by atoms with van der Waals surface area (Å²) >= 11 is 13.0. The van der Waals surface area contributed by atoms with Gasteiger partial charge < -0.3 is 9.13 Å². The third-order valence-corrected chi connectivity index (χ3v) is 5.41. The predicted octanol–water partition coefficient (Wildman–Crippen LogP) is 6.58. The van der Waals surface area contributed by atoms with Crippen LogP contribution in [0.25, 0.3) is 34.0 Å². The number of rotatable bonds is 5. The number of hydrogen-bond acceptors (Lipinski definition) is 2. The van der Waals surface area contributed by atoms with Gasteiger partial charge in [0.05, 0.1) is 33.3 Å². The van der Waals surface area contributed by atoms with E-state index < -0.39 is 0 Å². The zero-order valence-corrected chi connectivity index (χ0v) is 18.1. The Hall–Kier alpha value is -2.56. The Morgan fingerprint density at radius 2 is 1.66 bits per heavy atom. The second-order valence-electron chi connectivity index (χ2n) is 7.50. The summed E-state index contributed by atoms with van der Waals surface area (Å²) in [4.78, 5) is 9.64. The minimum absolute atomic E-state index is 0.537. The fourth-order valence-corrected chi connectivity index (χ4v) is 4.09. The highest BCUT2D eigenvalue weighted by Gasteiger charge is 2.23. The van der Waals surface area contributed by atoms with E-state index in [-0.39, 0.29) is 0 Å². The monoisotopic (exact) mass is 424 g/mol. The van der Waals surface area contributed by atoms with Gasteiger partial charge in [-0.05, 0) is 18.1 Å². The van der Waals surface area contributed by atoms with E-state index in [2.05, 4.69) is 41.7 Å². The lowest BCUT2D eigenvalue weighted by Gasteiger charge is -2.08. The number of aromatic nitrogens is 4. The van der Waals surface area contributed by atoms with Gasteiger partial charge in [-0.25, -0.2) is 9.97 Å². The summed E-state index contributed by atoms with van der Waals surface area (Å²) in [5.74, 6) is 1.25. The first-order valence-corrected chi connectivity index (χ1v) is 10.3. The molecule has 4 nitrogen and oxygen atoms in total. The second kappa shape index (κ2) is 8.05. The maximum Gasteiger partial charge on any atom is 0.143 e. The van der Waals surface area contributed by atoms with Crippen LogP contribution in [0.1, 0.15) is 13.8 Å². The summed E-state index contributed by atoms with van der Waals surface area (Å²) < 4.78 is 4.14. The number of halogens is 2. The van der Waals surface area contributed by atoms with E-state index in [1.165, 1.54) is 0 Å². The van der Waals surface area contributed by atoms with Crippen LogP contribution in [0.4, 0.5) is 0 Å². The van der Waals surface area contributed by atoms with Gasteiger partial charge in [0.15, 0.2) is 0 Å². The number of benzene rings is 2. The van der Waals surface area contributed by atoms with Gasteiger partial charge in [-0.1, -0.05) is 73.4 Å². The molecule has 0 bridgehead atoms. The average Bonchev–Trinajstić information content (AvgIpc) is 3.26. The Kier molecular flexibility index (Phi) is 5.48. The molecule has 2 aromatic heterocycles. The normalized spacial score (nSPS) is 11.4. The van der Waals surface area contributed by atoms with Crippen LogP contribution in [0.5, 0.6) is 0 Å². The van der Waals surface area contributed by atoms with Crippen LogP contribution < -0.4 is 0 Å². The van der Waals surface area contributed by atoms with E-state index in [0.717, 1.165) is 34.8 Å². The van der Waals surface area contributed by atoms with Crippen LogP contribution in [-0.4, -0.2) is 19.1 Å². The van der Waals surface area contributed by atoms with Crippen molar-refractivity contribution in [3.05, 3.63) is 71.1 Å². The minimum atomic E-state index is 0.537. The van der Waals surface area contributed by atoms with Gasteiger partial charge in [-0.2, -0.15) is 0 Å². The molecule has 4 rings (SSSR count). The standard InChI is InChI=1S/C23H22Cl2N4/c1-15(2)12-29-13-19(26-14-29)22-21(16-8-5-4-6-9-16)27-23(28(22)3)20-17(24)10-7-11-18(20)25/h4-11,13-15H,12H2,1-3H3. The van der Waals surface area contributed by atoms with Crippen molar-refractivity contribution < 1.29 is 0 Å². The average molecular weight is 425 g/mol. The van der Waals surface area contributed by atoms with E-state index in [1.807, 2.05) is 54.3 Å². The zero-order valence-electron chi connectivity index (χ0n) is 16.6. The molecule has 6 heteroatoms. The largest absolute Gasteiger partial charge is 0.337 e. The van der Waals surface area contributed by atoms with Crippen LogP contribution in [0.2, 0.25) is 10.0 Å². The van der Waals surface area contributed by atoms with Gasteiger partial charge in [-0.15, -0.1) is 0 Å². The van der Waals surface area contributed by atoms with Crippen molar-refractivity contribution in [2.75, 3.05) is 0 Å². The Morgan fingerprint density at radius 1 is 0.966 bits per heavy atom. The Balaban J connectivity index is 1.94. The third kappa shape index (κ3) is 3.83. The second-order valence-corrected chi connectivity index (χ2v) is 8.32. The van der Waals surface area contributed by atoms with Crippen molar-refractivity contribution in [3.8, 4) is 34.0 Å². The van der Waals surface area contributed by atoms with Crippen LogP contribution in [0.3, 0.4) is 0 Å². The molecule has 0 atom stereocenters. The molecule has 0 spiro atoms. The highest BCUT2D eigenvalue weighted by atomic mass is 35.5. The summed E-state index contributed by atoms with van der Waals surface area (Å²) in [6, 6.07) is 15.6. The van der Waals surface area contributed by atoms with E-state index in [1.54, 1.807) is 0 Å². The quantitative estimate of drug-likeness (QED) is 0.362. The fourth-order valence-electron chi connectivity index (χ4n) is 3.53. The van der Waals surface area contributed by atoms with Crippen LogP contribution in [0.15, 0.2) is 61.1 Å². The topological polar surface area (TPSA) is 35.6 Å². The maximum atomic E-state index is 6.49. The minimum Gasteiger partial charge on any atom is -0.337 e. The van der Waals surface area contributed by atoms with E-state index in [4.69, 9.17) is 28.2 Å². The molecule has 148 valence electrons. The maximum absolute atomic E-state index is 6.49. The molecule has 0 radical (unpaired) electrons. The highest BCUT2D eigenvalue weighted by molar-refractivity contribution is 6.39. The van der Waals surface area contributed by atoms with E-state index in [0.29, 0.717) is 21.8 Å². The molecule has 0 aliphatic carbocycles. The first-order valence-electron chi connectivity index (χ1n) is 9.54. The molecule has 2 heterocycles. The molecule has 2 aromatic carbocycles. The van der Waals surface area contributed by atoms with Gasteiger partial charge in [0.2, 0.25) is 0 Å². The lowest BCUT2D eigenvalue weighted by molar-refractivity contribution is 0.523. The highest BCUT2D eigenvalue weighted by Crippen LogP contribution is 2.39. The van der Waals surface area contributed by atoms with E-state index in [9.17, 15) is 0 Å². The number of nitrogens with zero attached hydrogens (tertiary/aromatic N) is 4. The van der Waals surface area contributed by atoms with Gasteiger partial charge in [0.25, 0.3) is 0 Å².